The van der Waals surface area contributed by atoms with Crippen molar-refractivity contribution in [3.63, 3.8) is 0 Å². The van der Waals surface area contributed by atoms with E-state index in [0.29, 0.717) is 20.4 Å². The molecule has 1 saturated heterocycles. The zero-order valence-electron chi connectivity index (χ0n) is 13.2. The highest BCUT2D eigenvalue weighted by Crippen LogP contribution is 2.40. The van der Waals surface area contributed by atoms with E-state index in [2.05, 4.69) is 47.5 Å². The molecule has 1 aromatic carbocycles. The lowest BCUT2D eigenvalue weighted by atomic mass is 10.2. The summed E-state index contributed by atoms with van der Waals surface area (Å²) < 4.78 is 3.07. The van der Waals surface area contributed by atoms with E-state index in [-0.39, 0.29) is 30.2 Å². The molecule has 1 fully saturated rings. The van der Waals surface area contributed by atoms with Crippen molar-refractivity contribution < 1.29 is 4.92 Å². The van der Waals surface area contributed by atoms with Gasteiger partial charge < -0.3 is 15.2 Å². The fourth-order valence-corrected chi connectivity index (χ4v) is 3.76. The van der Waals surface area contributed by atoms with Crippen molar-refractivity contribution >= 4 is 66.9 Å². The minimum atomic E-state index is -0.393. The highest BCUT2D eigenvalue weighted by atomic mass is 79.9. The van der Waals surface area contributed by atoms with Crippen LogP contribution in [-0.4, -0.2) is 33.6 Å². The number of nitrogens with zero attached hydrogens (tertiary/aromatic N) is 3. The number of nitrogens with one attached hydrogen (secondary N) is 2. The Hall–Kier alpha value is -0.900. The van der Waals surface area contributed by atoms with Crippen LogP contribution in [-0.2, 0) is 0 Å². The summed E-state index contributed by atoms with van der Waals surface area (Å²) >= 11 is 6.69. The molecule has 24 heavy (non-hydrogen) atoms. The van der Waals surface area contributed by atoms with Crippen molar-refractivity contribution in [2.45, 2.75) is 32.4 Å². The molecule has 0 radical (unpaired) electrons. The molecule has 1 aliphatic rings. The van der Waals surface area contributed by atoms with Crippen molar-refractivity contribution in [2.24, 2.45) is 0 Å². The number of benzene rings is 1. The van der Waals surface area contributed by atoms with Gasteiger partial charge in [-0.05, 0) is 64.7 Å². The highest BCUT2D eigenvalue weighted by molar-refractivity contribution is 9.13. The number of imidazole rings is 1. The quantitative estimate of drug-likeness (QED) is 0.502. The van der Waals surface area contributed by atoms with Gasteiger partial charge in [0.25, 0.3) is 0 Å². The fourth-order valence-electron chi connectivity index (χ4n) is 2.91. The van der Waals surface area contributed by atoms with Gasteiger partial charge in [-0.3, -0.25) is 10.1 Å². The second kappa shape index (κ2) is 7.55. The number of nitro groups is 1. The summed E-state index contributed by atoms with van der Waals surface area (Å²) in [7, 11) is 0. The molecule has 0 spiro atoms. The van der Waals surface area contributed by atoms with E-state index in [4.69, 9.17) is 0 Å². The standard InChI is InChI=1S/C14H17Br2N5O2.ClH/c1-7(2)20-10-5-9(15)11(16)13(21(22)23)12(10)19-14(20)18-8-3-4-17-6-8;/h5,7-8,17H,3-4,6H2,1-2H3,(H,18,19);1H. The Labute approximate surface area is 162 Å². The van der Waals surface area contributed by atoms with Crippen molar-refractivity contribution in [3.8, 4) is 0 Å². The average molecular weight is 484 g/mol. The SMILES string of the molecule is CC(C)n1c(NC2CCNC2)nc2c([N+](=O)[O-])c(Br)c(Br)cc21.Cl. The van der Waals surface area contributed by atoms with E-state index in [9.17, 15) is 10.1 Å². The molecule has 2 N–H and O–H groups in total. The lowest BCUT2D eigenvalue weighted by molar-refractivity contribution is -0.384. The Morgan fingerprint density at radius 1 is 1.50 bits per heavy atom. The third-order valence-corrected chi connectivity index (χ3v) is 5.91. The van der Waals surface area contributed by atoms with Gasteiger partial charge in [0.05, 0.1) is 10.4 Å². The van der Waals surface area contributed by atoms with E-state index >= 15 is 0 Å². The van der Waals surface area contributed by atoms with Gasteiger partial charge in [-0.1, -0.05) is 0 Å². The average Bonchev–Trinajstić information content (AvgIpc) is 3.07. The summed E-state index contributed by atoms with van der Waals surface area (Å²) in [6.45, 7) is 5.93. The Morgan fingerprint density at radius 3 is 2.75 bits per heavy atom. The zero-order valence-corrected chi connectivity index (χ0v) is 17.2. The number of hydrogen-bond acceptors (Lipinski definition) is 5. The first-order valence-electron chi connectivity index (χ1n) is 7.41. The largest absolute Gasteiger partial charge is 0.352 e. The third kappa shape index (κ3) is 3.40. The molecule has 0 amide bonds. The molecule has 0 aliphatic carbocycles. The Morgan fingerprint density at radius 2 is 2.21 bits per heavy atom. The number of anilines is 1. The molecule has 3 rings (SSSR count). The second-order valence-electron chi connectivity index (χ2n) is 5.88. The molecule has 1 aromatic heterocycles. The first kappa shape index (κ1) is 19.4. The number of nitro benzene ring substituents is 1. The summed E-state index contributed by atoms with van der Waals surface area (Å²) in [4.78, 5) is 15.7. The Balaban J connectivity index is 0.00000208. The lowest BCUT2D eigenvalue weighted by Gasteiger charge is -2.17. The normalized spacial score (nSPS) is 17.3. The van der Waals surface area contributed by atoms with Crippen molar-refractivity contribution in [3.05, 3.63) is 25.1 Å². The molecule has 10 heteroatoms. The molecular formula is C14H18Br2ClN5O2. The van der Waals surface area contributed by atoms with Crippen LogP contribution >= 0.6 is 44.3 Å². The van der Waals surface area contributed by atoms with Crippen LogP contribution in [0.3, 0.4) is 0 Å². The summed E-state index contributed by atoms with van der Waals surface area (Å²) in [6.07, 6.45) is 1.01. The van der Waals surface area contributed by atoms with Crippen LogP contribution in [0.5, 0.6) is 0 Å². The van der Waals surface area contributed by atoms with Crippen LogP contribution in [0.4, 0.5) is 11.6 Å². The number of hydrogen-bond donors (Lipinski definition) is 2. The van der Waals surface area contributed by atoms with Gasteiger partial charge in [0.2, 0.25) is 5.95 Å². The van der Waals surface area contributed by atoms with Gasteiger partial charge in [0.1, 0.15) is 4.47 Å². The molecule has 1 atom stereocenters. The topological polar surface area (TPSA) is 85.0 Å². The molecule has 2 heterocycles. The van der Waals surface area contributed by atoms with E-state index in [0.717, 1.165) is 25.0 Å². The van der Waals surface area contributed by atoms with Crippen LogP contribution in [0.1, 0.15) is 26.3 Å². The van der Waals surface area contributed by atoms with Crippen molar-refractivity contribution in [2.75, 3.05) is 18.4 Å². The van der Waals surface area contributed by atoms with Gasteiger partial charge in [0, 0.05) is 23.1 Å². The van der Waals surface area contributed by atoms with Crippen molar-refractivity contribution in [1.29, 1.82) is 0 Å². The van der Waals surface area contributed by atoms with E-state index in [1.165, 1.54) is 0 Å². The van der Waals surface area contributed by atoms with Gasteiger partial charge in [0.15, 0.2) is 5.52 Å². The molecule has 1 aliphatic heterocycles. The zero-order chi connectivity index (χ0) is 16.7. The van der Waals surface area contributed by atoms with Crippen LogP contribution < -0.4 is 10.6 Å². The summed E-state index contributed by atoms with van der Waals surface area (Å²) in [5.41, 5.74) is 1.13. The molecule has 132 valence electrons. The van der Waals surface area contributed by atoms with Gasteiger partial charge in [-0.2, -0.15) is 0 Å². The summed E-state index contributed by atoms with van der Waals surface area (Å²) in [5, 5.41) is 18.2. The first-order chi connectivity index (χ1) is 10.9. The van der Waals surface area contributed by atoms with Gasteiger partial charge >= 0.3 is 5.69 Å². The maximum Gasteiger partial charge on any atom is 0.312 e. The number of aromatic nitrogens is 2. The molecule has 7 nitrogen and oxygen atoms in total. The van der Waals surface area contributed by atoms with Crippen LogP contribution in [0.25, 0.3) is 11.0 Å². The number of fused-ring (bicyclic) bond motifs is 1. The fraction of sp³-hybridized carbons (Fsp3) is 0.500. The highest BCUT2D eigenvalue weighted by Gasteiger charge is 2.27. The van der Waals surface area contributed by atoms with E-state index < -0.39 is 4.92 Å². The maximum absolute atomic E-state index is 11.5. The van der Waals surface area contributed by atoms with Crippen LogP contribution in [0.2, 0.25) is 0 Å². The maximum atomic E-state index is 11.5. The lowest BCUT2D eigenvalue weighted by Crippen LogP contribution is -2.24. The monoisotopic (exact) mass is 481 g/mol. The predicted molar refractivity (Wildman–Crippen MR) is 104 cm³/mol. The van der Waals surface area contributed by atoms with Gasteiger partial charge in [-0.15, -0.1) is 12.4 Å². The predicted octanol–water partition coefficient (Wildman–Crippen LogP) is 4.25. The molecular weight excluding hydrogens is 465 g/mol. The van der Waals surface area contributed by atoms with Crippen LogP contribution in [0, 0.1) is 10.1 Å². The Bertz CT molecular complexity index is 774. The minimum Gasteiger partial charge on any atom is -0.352 e. The number of halogens is 3. The van der Waals surface area contributed by atoms with Gasteiger partial charge in [-0.25, -0.2) is 4.98 Å². The number of rotatable bonds is 4. The third-order valence-electron chi connectivity index (χ3n) is 3.95. The van der Waals surface area contributed by atoms with Crippen LogP contribution in [0.15, 0.2) is 15.0 Å². The summed E-state index contributed by atoms with van der Waals surface area (Å²) in [6, 6.07) is 2.29. The molecule has 2 aromatic rings. The second-order valence-corrected chi connectivity index (χ2v) is 7.53. The first-order valence-corrected chi connectivity index (χ1v) is 9.00. The summed E-state index contributed by atoms with van der Waals surface area (Å²) in [5.74, 6) is 0.678. The molecule has 0 bridgehead atoms. The van der Waals surface area contributed by atoms with E-state index in [1.807, 2.05) is 24.5 Å². The Kier molecular flexibility index (Phi) is 6.11. The van der Waals surface area contributed by atoms with Crippen molar-refractivity contribution in [1.82, 2.24) is 14.9 Å². The smallest absolute Gasteiger partial charge is 0.312 e. The van der Waals surface area contributed by atoms with E-state index in [1.54, 1.807) is 0 Å². The molecule has 0 saturated carbocycles. The minimum absolute atomic E-state index is 0. The molecule has 1 unspecified atom stereocenters.